The van der Waals surface area contributed by atoms with E-state index in [1.807, 2.05) is 0 Å². The van der Waals surface area contributed by atoms with Gasteiger partial charge in [0.05, 0.1) is 17.6 Å². The van der Waals surface area contributed by atoms with E-state index in [1.165, 1.54) is 0 Å². The lowest BCUT2D eigenvalue weighted by molar-refractivity contribution is -0.135. The Labute approximate surface area is 110 Å². The molecule has 1 heterocycles. The van der Waals surface area contributed by atoms with Gasteiger partial charge in [-0.1, -0.05) is 26.7 Å². The summed E-state index contributed by atoms with van der Waals surface area (Å²) in [7, 11) is 0. The van der Waals surface area contributed by atoms with Crippen LogP contribution < -0.4 is 10.6 Å². The number of amides is 1. The van der Waals surface area contributed by atoms with E-state index >= 15 is 0 Å². The maximum Gasteiger partial charge on any atom is 0.228 e. The summed E-state index contributed by atoms with van der Waals surface area (Å²) in [6.07, 6.45) is 4.94. The van der Waals surface area contributed by atoms with Crippen LogP contribution in [0.25, 0.3) is 0 Å². The normalized spacial score (nSPS) is 30.9. The van der Waals surface area contributed by atoms with Crippen LogP contribution in [0, 0.1) is 11.3 Å². The summed E-state index contributed by atoms with van der Waals surface area (Å²) in [6.45, 7) is 5.98. The molecule has 2 rings (SSSR count). The maximum absolute atomic E-state index is 12.7. The van der Waals surface area contributed by atoms with Crippen molar-refractivity contribution in [1.82, 2.24) is 10.6 Å². The second-order valence-electron chi connectivity index (χ2n) is 6.34. The Morgan fingerprint density at radius 1 is 1.33 bits per heavy atom. The van der Waals surface area contributed by atoms with Crippen molar-refractivity contribution in [3.05, 3.63) is 0 Å². The molecule has 0 aromatic rings. The molecule has 18 heavy (non-hydrogen) atoms. The van der Waals surface area contributed by atoms with Gasteiger partial charge in [-0.05, 0) is 31.7 Å². The van der Waals surface area contributed by atoms with Gasteiger partial charge < -0.3 is 15.7 Å². The van der Waals surface area contributed by atoms with Crippen molar-refractivity contribution < 1.29 is 9.90 Å². The summed E-state index contributed by atoms with van der Waals surface area (Å²) in [5.74, 6) is 0.461. The van der Waals surface area contributed by atoms with Crippen molar-refractivity contribution in [2.45, 2.75) is 51.5 Å². The van der Waals surface area contributed by atoms with E-state index in [2.05, 4.69) is 24.5 Å². The van der Waals surface area contributed by atoms with Crippen molar-refractivity contribution in [3.63, 3.8) is 0 Å². The van der Waals surface area contributed by atoms with Gasteiger partial charge in [0.25, 0.3) is 0 Å². The zero-order chi connectivity index (χ0) is 13.2. The van der Waals surface area contributed by atoms with Crippen molar-refractivity contribution in [2.75, 3.05) is 19.7 Å². The van der Waals surface area contributed by atoms with Crippen molar-refractivity contribution in [2.24, 2.45) is 11.3 Å². The highest BCUT2D eigenvalue weighted by atomic mass is 16.3. The van der Waals surface area contributed by atoms with E-state index in [0.717, 1.165) is 45.2 Å². The Hall–Kier alpha value is -0.610. The van der Waals surface area contributed by atoms with Gasteiger partial charge in [0.15, 0.2) is 0 Å². The molecule has 2 aliphatic rings. The first-order valence-corrected chi connectivity index (χ1v) is 7.19. The second-order valence-corrected chi connectivity index (χ2v) is 6.34. The molecular weight excluding hydrogens is 228 g/mol. The SMILES string of the molecule is CC(C)C1(C(=O)NC2(CO)CCCC2)CCNC1. The van der Waals surface area contributed by atoms with Crippen LogP contribution in [-0.4, -0.2) is 36.2 Å². The molecule has 1 unspecified atom stereocenters. The van der Waals surface area contributed by atoms with E-state index in [0.29, 0.717) is 5.92 Å². The average molecular weight is 254 g/mol. The second kappa shape index (κ2) is 5.17. The van der Waals surface area contributed by atoms with Crippen LogP contribution in [-0.2, 0) is 4.79 Å². The van der Waals surface area contributed by atoms with E-state index in [4.69, 9.17) is 0 Å². The minimum Gasteiger partial charge on any atom is -0.394 e. The third-order valence-electron chi connectivity index (χ3n) is 4.99. The molecule has 0 bridgehead atoms. The summed E-state index contributed by atoms with van der Waals surface area (Å²) in [5.41, 5.74) is -0.633. The Morgan fingerprint density at radius 2 is 2.00 bits per heavy atom. The number of aliphatic hydroxyl groups excluding tert-OH is 1. The first-order valence-electron chi connectivity index (χ1n) is 7.19. The molecule has 1 aliphatic heterocycles. The van der Waals surface area contributed by atoms with Crippen LogP contribution in [0.15, 0.2) is 0 Å². The van der Waals surface area contributed by atoms with Gasteiger partial charge in [-0.3, -0.25) is 4.79 Å². The highest BCUT2D eigenvalue weighted by Gasteiger charge is 2.47. The third-order valence-corrected chi connectivity index (χ3v) is 4.99. The predicted octanol–water partition coefficient (Wildman–Crippen LogP) is 1.04. The molecule has 4 heteroatoms. The van der Waals surface area contributed by atoms with Crippen molar-refractivity contribution in [3.8, 4) is 0 Å². The van der Waals surface area contributed by atoms with Crippen LogP contribution in [0.1, 0.15) is 46.0 Å². The predicted molar refractivity (Wildman–Crippen MR) is 71.2 cm³/mol. The van der Waals surface area contributed by atoms with Crippen LogP contribution in [0.2, 0.25) is 0 Å². The lowest BCUT2D eigenvalue weighted by Crippen LogP contribution is -2.56. The average Bonchev–Trinajstić information content (AvgIpc) is 2.98. The zero-order valence-electron chi connectivity index (χ0n) is 11.6. The molecule has 2 fully saturated rings. The van der Waals surface area contributed by atoms with Gasteiger partial charge in [0, 0.05) is 6.54 Å². The number of nitrogens with one attached hydrogen (secondary N) is 2. The van der Waals surface area contributed by atoms with Gasteiger partial charge in [-0.25, -0.2) is 0 Å². The summed E-state index contributed by atoms with van der Waals surface area (Å²) in [4.78, 5) is 12.7. The maximum atomic E-state index is 12.7. The van der Waals surface area contributed by atoms with Crippen LogP contribution in [0.4, 0.5) is 0 Å². The Morgan fingerprint density at radius 3 is 2.44 bits per heavy atom. The number of rotatable bonds is 4. The first-order chi connectivity index (χ1) is 8.55. The summed E-state index contributed by atoms with van der Waals surface area (Å²) in [5, 5.41) is 16.1. The van der Waals surface area contributed by atoms with Crippen molar-refractivity contribution in [1.29, 1.82) is 0 Å². The fourth-order valence-electron chi connectivity index (χ4n) is 3.40. The molecule has 1 aliphatic carbocycles. The highest BCUT2D eigenvalue weighted by Crippen LogP contribution is 2.37. The highest BCUT2D eigenvalue weighted by molar-refractivity contribution is 5.84. The molecule has 3 N–H and O–H groups in total. The molecule has 0 aromatic heterocycles. The smallest absolute Gasteiger partial charge is 0.228 e. The number of aliphatic hydroxyl groups is 1. The molecule has 1 saturated heterocycles. The van der Waals surface area contributed by atoms with Crippen LogP contribution in [0.3, 0.4) is 0 Å². The van der Waals surface area contributed by atoms with Crippen LogP contribution in [0.5, 0.6) is 0 Å². The number of carbonyl (C=O) groups is 1. The fraction of sp³-hybridized carbons (Fsp3) is 0.929. The molecule has 4 nitrogen and oxygen atoms in total. The lowest BCUT2D eigenvalue weighted by atomic mass is 9.75. The standard InChI is InChI=1S/C14H26N2O2/c1-11(2)14(7-8-15-9-14)12(18)16-13(10-17)5-3-4-6-13/h11,15,17H,3-10H2,1-2H3,(H,16,18). The molecule has 104 valence electrons. The lowest BCUT2D eigenvalue weighted by Gasteiger charge is -2.37. The number of hydrogen-bond donors (Lipinski definition) is 3. The van der Waals surface area contributed by atoms with Crippen LogP contribution >= 0.6 is 0 Å². The fourth-order valence-corrected chi connectivity index (χ4v) is 3.40. The Kier molecular flexibility index (Phi) is 3.97. The monoisotopic (exact) mass is 254 g/mol. The third kappa shape index (κ3) is 2.28. The Bertz CT molecular complexity index is 303. The zero-order valence-corrected chi connectivity index (χ0v) is 11.6. The minimum atomic E-state index is -0.346. The molecule has 1 amide bonds. The van der Waals surface area contributed by atoms with Gasteiger partial charge in [0.1, 0.15) is 0 Å². The quantitative estimate of drug-likeness (QED) is 0.702. The first kappa shape index (κ1) is 13.8. The minimum absolute atomic E-state index is 0.0698. The van der Waals surface area contributed by atoms with Gasteiger partial charge in [0.2, 0.25) is 5.91 Å². The van der Waals surface area contributed by atoms with E-state index in [9.17, 15) is 9.90 Å². The van der Waals surface area contributed by atoms with Gasteiger partial charge >= 0.3 is 0 Å². The molecule has 0 spiro atoms. The molecular formula is C14H26N2O2. The molecule has 0 aromatic carbocycles. The molecule has 1 saturated carbocycles. The number of hydrogen-bond acceptors (Lipinski definition) is 3. The van der Waals surface area contributed by atoms with Crippen molar-refractivity contribution >= 4 is 5.91 Å². The van der Waals surface area contributed by atoms with E-state index in [1.54, 1.807) is 0 Å². The van der Waals surface area contributed by atoms with E-state index < -0.39 is 0 Å². The summed E-state index contributed by atoms with van der Waals surface area (Å²) in [6, 6.07) is 0. The van der Waals surface area contributed by atoms with E-state index in [-0.39, 0.29) is 23.5 Å². The van der Waals surface area contributed by atoms with Gasteiger partial charge in [-0.2, -0.15) is 0 Å². The topological polar surface area (TPSA) is 61.4 Å². The number of carbonyl (C=O) groups excluding carboxylic acids is 1. The van der Waals surface area contributed by atoms with Gasteiger partial charge in [-0.15, -0.1) is 0 Å². The molecule has 1 atom stereocenters. The Balaban J connectivity index is 2.10. The summed E-state index contributed by atoms with van der Waals surface area (Å²) >= 11 is 0. The molecule has 0 radical (unpaired) electrons. The largest absolute Gasteiger partial charge is 0.394 e. The summed E-state index contributed by atoms with van der Waals surface area (Å²) < 4.78 is 0.